The van der Waals surface area contributed by atoms with Gasteiger partial charge >= 0.3 is 0 Å². The van der Waals surface area contributed by atoms with Crippen molar-refractivity contribution in [3.63, 3.8) is 0 Å². The van der Waals surface area contributed by atoms with Gasteiger partial charge in [0.25, 0.3) is 0 Å². The lowest BCUT2D eigenvalue weighted by Gasteiger charge is -2.10. The first-order chi connectivity index (χ1) is 9.13. The Kier molecular flexibility index (Phi) is 4.15. The predicted octanol–water partition coefficient (Wildman–Crippen LogP) is 0.147. The molecule has 0 bridgehead atoms. The molecule has 7 nitrogen and oxygen atoms in total. The van der Waals surface area contributed by atoms with Crippen molar-refractivity contribution in [2.24, 2.45) is 5.84 Å². The number of nitrogen functional groups attached to an aromatic ring is 1. The molecule has 0 unspecified atom stereocenters. The summed E-state index contributed by atoms with van der Waals surface area (Å²) in [5, 5.41) is 0. The van der Waals surface area contributed by atoms with Crippen LogP contribution in [0.5, 0.6) is 0 Å². The Balaban J connectivity index is 2.05. The maximum absolute atomic E-state index is 12.1. The number of para-hydroxylation sites is 1. The number of hydrogen-bond acceptors (Lipinski definition) is 5. The number of hydrazine groups is 1. The van der Waals surface area contributed by atoms with Gasteiger partial charge in [0, 0.05) is 25.5 Å². The van der Waals surface area contributed by atoms with E-state index < -0.39 is 10.0 Å². The highest BCUT2D eigenvalue weighted by Gasteiger charge is 2.16. The van der Waals surface area contributed by atoms with Crippen molar-refractivity contribution in [3.8, 4) is 0 Å². The molecule has 1 heterocycles. The van der Waals surface area contributed by atoms with Crippen molar-refractivity contribution in [2.75, 3.05) is 12.0 Å². The number of nitrogens with one attached hydrogen (secondary N) is 2. The fourth-order valence-corrected chi connectivity index (χ4v) is 2.82. The van der Waals surface area contributed by atoms with Gasteiger partial charge in [0.05, 0.1) is 12.0 Å². The fraction of sp³-hybridized carbons (Fsp3) is 0.182. The van der Waals surface area contributed by atoms with Crippen LogP contribution in [-0.2, 0) is 16.6 Å². The van der Waals surface area contributed by atoms with E-state index in [1.165, 1.54) is 6.07 Å². The summed E-state index contributed by atoms with van der Waals surface area (Å²) in [4.78, 5) is 4.01. The van der Waals surface area contributed by atoms with E-state index in [0.717, 1.165) is 0 Å². The molecule has 0 amide bonds. The van der Waals surface area contributed by atoms with Crippen molar-refractivity contribution in [3.05, 3.63) is 43.0 Å². The van der Waals surface area contributed by atoms with Crippen LogP contribution in [-0.4, -0.2) is 24.5 Å². The third kappa shape index (κ3) is 3.31. The SMILES string of the molecule is NNc1ccccc1S(=O)(=O)NCCn1ccnc1. The molecule has 8 heteroatoms. The van der Waals surface area contributed by atoms with E-state index in [-0.39, 0.29) is 11.4 Å². The first-order valence-corrected chi connectivity index (χ1v) is 7.13. The van der Waals surface area contributed by atoms with Crippen LogP contribution in [0.3, 0.4) is 0 Å². The maximum Gasteiger partial charge on any atom is 0.242 e. The summed E-state index contributed by atoms with van der Waals surface area (Å²) in [7, 11) is -3.58. The second-order valence-corrected chi connectivity index (χ2v) is 5.57. The normalized spacial score (nSPS) is 11.4. The topological polar surface area (TPSA) is 102 Å². The molecule has 2 rings (SSSR count). The number of hydrogen-bond donors (Lipinski definition) is 3. The van der Waals surface area contributed by atoms with Gasteiger partial charge in [-0.25, -0.2) is 18.1 Å². The third-order valence-electron chi connectivity index (χ3n) is 2.55. The lowest BCUT2D eigenvalue weighted by molar-refractivity contribution is 0.573. The van der Waals surface area contributed by atoms with E-state index in [0.29, 0.717) is 12.2 Å². The zero-order chi connectivity index (χ0) is 13.7. The number of aromatic nitrogens is 2. The summed E-state index contributed by atoms with van der Waals surface area (Å²) in [6, 6.07) is 6.45. The van der Waals surface area contributed by atoms with Gasteiger partial charge in [-0.3, -0.25) is 5.84 Å². The highest BCUT2D eigenvalue weighted by molar-refractivity contribution is 7.89. The summed E-state index contributed by atoms with van der Waals surface area (Å²) in [5.41, 5.74) is 2.73. The molecule has 2 aromatic rings. The van der Waals surface area contributed by atoms with E-state index in [4.69, 9.17) is 5.84 Å². The van der Waals surface area contributed by atoms with Gasteiger partial charge in [-0.15, -0.1) is 0 Å². The number of nitrogens with two attached hydrogens (primary N) is 1. The average Bonchev–Trinajstić information content (AvgIpc) is 2.91. The molecule has 0 radical (unpaired) electrons. The first kappa shape index (κ1) is 13.5. The van der Waals surface area contributed by atoms with Crippen LogP contribution in [0.4, 0.5) is 5.69 Å². The molecular weight excluding hydrogens is 266 g/mol. The minimum atomic E-state index is -3.58. The molecule has 0 spiro atoms. The van der Waals surface area contributed by atoms with Crippen LogP contribution in [0.15, 0.2) is 47.9 Å². The summed E-state index contributed by atoms with van der Waals surface area (Å²) >= 11 is 0. The van der Waals surface area contributed by atoms with Crippen LogP contribution in [0.1, 0.15) is 0 Å². The molecule has 0 saturated carbocycles. The minimum absolute atomic E-state index is 0.128. The van der Waals surface area contributed by atoms with Gasteiger partial charge in [0.2, 0.25) is 10.0 Å². The Hall–Kier alpha value is -1.90. The first-order valence-electron chi connectivity index (χ1n) is 5.64. The number of imidazole rings is 1. The smallest absolute Gasteiger partial charge is 0.242 e. The molecule has 0 atom stereocenters. The van der Waals surface area contributed by atoms with Crippen LogP contribution < -0.4 is 16.0 Å². The Bertz CT molecular complexity index is 624. The molecule has 1 aromatic carbocycles. The van der Waals surface area contributed by atoms with Gasteiger partial charge in [-0.1, -0.05) is 12.1 Å². The lowest BCUT2D eigenvalue weighted by Crippen LogP contribution is -2.28. The van der Waals surface area contributed by atoms with Crippen molar-refractivity contribution >= 4 is 15.7 Å². The van der Waals surface area contributed by atoms with E-state index in [1.54, 1.807) is 41.5 Å². The number of nitrogens with zero attached hydrogens (tertiary/aromatic N) is 2. The Morgan fingerprint density at radius 1 is 1.32 bits per heavy atom. The van der Waals surface area contributed by atoms with Crippen LogP contribution in [0, 0.1) is 0 Å². The summed E-state index contributed by atoms with van der Waals surface area (Å²) in [6.07, 6.45) is 5.04. The highest BCUT2D eigenvalue weighted by atomic mass is 32.2. The second kappa shape index (κ2) is 5.83. The average molecular weight is 281 g/mol. The van der Waals surface area contributed by atoms with E-state index >= 15 is 0 Å². The summed E-state index contributed by atoms with van der Waals surface area (Å²) in [5.74, 6) is 5.30. The van der Waals surface area contributed by atoms with Gasteiger partial charge in [0.15, 0.2) is 0 Å². The number of rotatable bonds is 6. The molecule has 0 aliphatic carbocycles. The number of sulfonamides is 1. The highest BCUT2D eigenvalue weighted by Crippen LogP contribution is 2.18. The Labute approximate surface area is 111 Å². The minimum Gasteiger partial charge on any atom is -0.336 e. The quantitative estimate of drug-likeness (QED) is 0.516. The molecule has 0 aliphatic heterocycles. The molecule has 0 fully saturated rings. The largest absolute Gasteiger partial charge is 0.336 e. The summed E-state index contributed by atoms with van der Waals surface area (Å²) < 4.78 is 28.5. The van der Waals surface area contributed by atoms with Crippen molar-refractivity contribution in [2.45, 2.75) is 11.4 Å². The van der Waals surface area contributed by atoms with Crippen LogP contribution in [0.25, 0.3) is 0 Å². The van der Waals surface area contributed by atoms with Gasteiger partial charge < -0.3 is 9.99 Å². The van der Waals surface area contributed by atoms with Gasteiger partial charge in [0.1, 0.15) is 4.90 Å². The lowest BCUT2D eigenvalue weighted by atomic mass is 10.3. The zero-order valence-corrected chi connectivity index (χ0v) is 11.0. The molecular formula is C11H15N5O2S. The van der Waals surface area contributed by atoms with E-state index in [2.05, 4.69) is 15.1 Å². The zero-order valence-electron chi connectivity index (χ0n) is 10.2. The number of benzene rings is 1. The fourth-order valence-electron chi connectivity index (χ4n) is 1.63. The van der Waals surface area contributed by atoms with Crippen LogP contribution in [0.2, 0.25) is 0 Å². The molecule has 4 N–H and O–H groups in total. The van der Waals surface area contributed by atoms with Crippen molar-refractivity contribution in [1.29, 1.82) is 0 Å². The Morgan fingerprint density at radius 3 is 2.79 bits per heavy atom. The molecule has 0 saturated heterocycles. The molecule has 1 aromatic heterocycles. The number of anilines is 1. The van der Waals surface area contributed by atoms with Gasteiger partial charge in [-0.2, -0.15) is 0 Å². The molecule has 0 aliphatic rings. The van der Waals surface area contributed by atoms with E-state index in [9.17, 15) is 8.42 Å². The summed E-state index contributed by atoms with van der Waals surface area (Å²) in [6.45, 7) is 0.787. The van der Waals surface area contributed by atoms with E-state index in [1.807, 2.05) is 0 Å². The Morgan fingerprint density at radius 2 is 2.11 bits per heavy atom. The molecule has 102 valence electrons. The standard InChI is InChI=1S/C11H15N5O2S/c12-15-10-3-1-2-4-11(10)19(17,18)14-6-8-16-7-5-13-9-16/h1-5,7,9,14-15H,6,8,12H2. The van der Waals surface area contributed by atoms with Crippen LogP contribution >= 0.6 is 0 Å². The van der Waals surface area contributed by atoms with Crippen molar-refractivity contribution in [1.82, 2.24) is 14.3 Å². The van der Waals surface area contributed by atoms with Gasteiger partial charge in [-0.05, 0) is 12.1 Å². The second-order valence-electron chi connectivity index (χ2n) is 3.84. The molecule has 19 heavy (non-hydrogen) atoms. The predicted molar refractivity (Wildman–Crippen MR) is 71.7 cm³/mol. The van der Waals surface area contributed by atoms with Crippen molar-refractivity contribution < 1.29 is 8.42 Å². The third-order valence-corrected chi connectivity index (χ3v) is 4.07. The maximum atomic E-state index is 12.1. The monoisotopic (exact) mass is 281 g/mol.